The minimum atomic E-state index is -1.55. The predicted octanol–water partition coefficient (Wildman–Crippen LogP) is 7.22. The van der Waals surface area contributed by atoms with Gasteiger partial charge in [0.05, 0.1) is 22.9 Å². The summed E-state index contributed by atoms with van der Waals surface area (Å²) in [4.78, 5) is 65.4. The van der Waals surface area contributed by atoms with E-state index in [0.29, 0.717) is 5.69 Å². The fraction of sp³-hybridized carbons (Fsp3) is 0.472. The van der Waals surface area contributed by atoms with Gasteiger partial charge >= 0.3 is 17.6 Å². The average molecular weight is 668 g/mol. The van der Waals surface area contributed by atoms with Crippen LogP contribution < -0.4 is 11.0 Å². The number of ether oxygens (including phenoxy) is 2. The minimum Gasteiger partial charge on any atom is -0.463 e. The number of amides is 1. The summed E-state index contributed by atoms with van der Waals surface area (Å²) in [7, 11) is 1.54. The van der Waals surface area contributed by atoms with Gasteiger partial charge in [-0.15, -0.1) is 0 Å². The van der Waals surface area contributed by atoms with Crippen LogP contribution >= 0.6 is 11.6 Å². The molecule has 0 fully saturated rings. The van der Waals surface area contributed by atoms with Crippen molar-refractivity contribution in [2.75, 3.05) is 11.9 Å². The van der Waals surface area contributed by atoms with E-state index in [2.05, 4.69) is 12.2 Å². The molecule has 2 aromatic carbocycles. The molecule has 254 valence electrons. The highest BCUT2D eigenvalue weighted by atomic mass is 35.5. The van der Waals surface area contributed by atoms with Gasteiger partial charge in [0.2, 0.25) is 0 Å². The molecule has 47 heavy (non-hydrogen) atoms. The van der Waals surface area contributed by atoms with E-state index in [1.807, 2.05) is 0 Å². The third-order valence-electron chi connectivity index (χ3n) is 8.01. The second-order valence-corrected chi connectivity index (χ2v) is 12.1. The summed E-state index contributed by atoms with van der Waals surface area (Å²) < 4.78 is 13.0. The molecule has 0 aliphatic heterocycles. The number of esters is 2. The van der Waals surface area contributed by atoms with Gasteiger partial charge in [-0.1, -0.05) is 107 Å². The van der Waals surface area contributed by atoms with Crippen LogP contribution in [0.3, 0.4) is 0 Å². The molecule has 1 amide bonds. The number of carbonyl (C=O) groups excluding carboxylic acids is 4. The smallest absolute Gasteiger partial charge is 0.347 e. The first-order valence-electron chi connectivity index (χ1n) is 16.4. The lowest BCUT2D eigenvalue weighted by Crippen LogP contribution is -2.38. The summed E-state index contributed by atoms with van der Waals surface area (Å²) in [6, 6.07) is 10.6. The van der Waals surface area contributed by atoms with Crippen LogP contribution in [-0.4, -0.2) is 45.5 Å². The Kier molecular flexibility index (Phi) is 14.9. The van der Waals surface area contributed by atoms with Gasteiger partial charge < -0.3 is 14.8 Å². The molecule has 10 nitrogen and oxygen atoms in total. The number of unbranched alkanes of at least 4 members (excludes halogenated alkanes) is 9. The second kappa shape index (κ2) is 18.8. The molecule has 3 rings (SSSR count). The van der Waals surface area contributed by atoms with E-state index in [9.17, 15) is 24.0 Å². The number of Topliss-reactive ketones (excluding diaryl/α,β-unsaturated/α-hetero) is 1. The van der Waals surface area contributed by atoms with Gasteiger partial charge in [-0.05, 0) is 38.5 Å². The Labute approximate surface area is 281 Å². The molecule has 0 spiro atoms. The molecule has 2 atom stereocenters. The molecule has 1 aromatic heterocycles. The van der Waals surface area contributed by atoms with Crippen LogP contribution in [0.1, 0.15) is 111 Å². The van der Waals surface area contributed by atoms with Crippen molar-refractivity contribution >= 4 is 40.9 Å². The van der Waals surface area contributed by atoms with Crippen LogP contribution in [0.25, 0.3) is 0 Å². The Hall–Kier alpha value is -4.18. The van der Waals surface area contributed by atoms with E-state index in [0.717, 1.165) is 23.8 Å². The quantitative estimate of drug-likeness (QED) is 0.0619. The molecule has 0 bridgehead atoms. The van der Waals surface area contributed by atoms with Crippen molar-refractivity contribution in [3.05, 3.63) is 87.1 Å². The van der Waals surface area contributed by atoms with E-state index >= 15 is 0 Å². The molecule has 3 aromatic rings. The zero-order valence-corrected chi connectivity index (χ0v) is 28.5. The first kappa shape index (κ1) is 37.3. The summed E-state index contributed by atoms with van der Waals surface area (Å²) in [6.07, 6.45) is 11.9. The van der Waals surface area contributed by atoms with Crippen molar-refractivity contribution < 1.29 is 28.7 Å². The first-order valence-corrected chi connectivity index (χ1v) is 16.7. The van der Waals surface area contributed by atoms with Crippen LogP contribution in [0.5, 0.6) is 0 Å². The molecule has 1 heterocycles. The zero-order chi connectivity index (χ0) is 34.3. The van der Waals surface area contributed by atoms with Crippen LogP contribution in [0.15, 0.2) is 59.5 Å². The molecular formula is C36H46ClN3O7. The maximum absolute atomic E-state index is 13.6. The van der Waals surface area contributed by atoms with Gasteiger partial charge in [-0.25, -0.2) is 14.4 Å². The molecule has 1 N–H and O–H groups in total. The van der Waals surface area contributed by atoms with Crippen LogP contribution in [0.2, 0.25) is 5.02 Å². The van der Waals surface area contributed by atoms with Crippen molar-refractivity contribution in [3.8, 4) is 0 Å². The maximum atomic E-state index is 13.6. The van der Waals surface area contributed by atoms with Crippen LogP contribution in [-0.2, 0) is 26.1 Å². The van der Waals surface area contributed by atoms with E-state index in [1.54, 1.807) is 37.3 Å². The van der Waals surface area contributed by atoms with Crippen molar-refractivity contribution in [2.45, 2.75) is 97.1 Å². The monoisotopic (exact) mass is 667 g/mol. The number of hydrogen-bond acceptors (Lipinski definition) is 7. The lowest BCUT2D eigenvalue weighted by molar-refractivity contribution is -0.153. The Morgan fingerprint density at radius 2 is 1.49 bits per heavy atom. The molecular weight excluding hydrogens is 622 g/mol. The van der Waals surface area contributed by atoms with E-state index in [-0.39, 0.29) is 28.4 Å². The third-order valence-corrected chi connectivity index (χ3v) is 8.34. The number of rotatable bonds is 19. The normalized spacial score (nSPS) is 12.3. The molecule has 0 radical (unpaired) electrons. The van der Waals surface area contributed by atoms with Crippen LogP contribution in [0.4, 0.5) is 5.69 Å². The summed E-state index contributed by atoms with van der Waals surface area (Å²) in [5.41, 5.74) is 0.266. The number of hydrogen-bond donors (Lipinski definition) is 1. The molecule has 0 aliphatic carbocycles. The summed E-state index contributed by atoms with van der Waals surface area (Å²) in [5, 5.41) is 2.67. The van der Waals surface area contributed by atoms with Crippen LogP contribution in [0, 0.1) is 6.92 Å². The number of aromatic nitrogens is 2. The second-order valence-electron chi connectivity index (χ2n) is 11.7. The topological polar surface area (TPSA) is 126 Å². The van der Waals surface area contributed by atoms with Gasteiger partial charge in [0, 0.05) is 24.5 Å². The minimum absolute atomic E-state index is 0.0118. The molecule has 0 aliphatic rings. The number of imidazole rings is 1. The van der Waals surface area contributed by atoms with Crippen molar-refractivity contribution in [1.82, 2.24) is 9.13 Å². The Bertz CT molecular complexity index is 1560. The number of aryl methyl sites for hydroxylation is 1. The zero-order valence-electron chi connectivity index (χ0n) is 27.8. The highest BCUT2D eigenvalue weighted by Gasteiger charge is 2.32. The summed E-state index contributed by atoms with van der Waals surface area (Å²) in [6.45, 7) is 5.57. The average Bonchev–Trinajstić information content (AvgIpc) is 3.31. The SMILES string of the molecule is CCCCCCCCCCCCOC(=O)C(C)OC(=O)c1ccc(Cl)c(NC(=O)C(C(=O)c2ccccc2)n2cc(C)n(C)c2=O)c1. The number of anilines is 1. The van der Waals surface area contributed by atoms with Gasteiger partial charge in [0.25, 0.3) is 5.91 Å². The number of benzene rings is 2. The van der Waals surface area contributed by atoms with E-state index in [4.69, 9.17) is 21.1 Å². The Morgan fingerprint density at radius 3 is 2.09 bits per heavy atom. The molecule has 11 heteroatoms. The predicted molar refractivity (Wildman–Crippen MR) is 182 cm³/mol. The lowest BCUT2D eigenvalue weighted by atomic mass is 10.0. The number of halogens is 1. The standard InChI is InChI=1S/C36H46ClN3O7/c1-5-6-7-8-9-10-11-12-13-17-22-46-34(43)26(3)47-35(44)28-20-21-29(37)30(23-28)38-33(42)31(32(41)27-18-15-14-16-19-27)40-24-25(2)39(4)36(40)45/h14-16,18-21,23-24,26,31H,5-13,17,22H2,1-4H3,(H,38,42). The number of nitrogens with zero attached hydrogens (tertiary/aromatic N) is 2. The lowest BCUT2D eigenvalue weighted by Gasteiger charge is -2.18. The van der Waals surface area contributed by atoms with E-state index < -0.39 is 41.5 Å². The highest BCUT2D eigenvalue weighted by molar-refractivity contribution is 6.34. The summed E-state index contributed by atoms with van der Waals surface area (Å²) in [5.74, 6) is -2.91. The largest absolute Gasteiger partial charge is 0.463 e. The fourth-order valence-corrected chi connectivity index (χ4v) is 5.25. The van der Waals surface area contributed by atoms with Crippen molar-refractivity contribution in [3.63, 3.8) is 0 Å². The molecule has 0 saturated carbocycles. The summed E-state index contributed by atoms with van der Waals surface area (Å²) >= 11 is 6.35. The molecule has 0 saturated heterocycles. The highest BCUT2D eigenvalue weighted by Crippen LogP contribution is 2.26. The van der Waals surface area contributed by atoms with Gasteiger partial charge in [-0.3, -0.25) is 18.7 Å². The van der Waals surface area contributed by atoms with Gasteiger partial charge in [-0.2, -0.15) is 0 Å². The number of carbonyl (C=O) groups is 4. The van der Waals surface area contributed by atoms with Gasteiger partial charge in [0.15, 0.2) is 17.9 Å². The Balaban J connectivity index is 1.58. The maximum Gasteiger partial charge on any atom is 0.347 e. The Morgan fingerprint density at radius 1 is 0.872 bits per heavy atom. The number of ketones is 1. The van der Waals surface area contributed by atoms with E-state index in [1.165, 1.54) is 87.9 Å². The number of nitrogens with one attached hydrogen (secondary N) is 1. The van der Waals surface area contributed by atoms with Gasteiger partial charge in [0.1, 0.15) is 0 Å². The molecule has 2 unspecified atom stereocenters. The fourth-order valence-electron chi connectivity index (χ4n) is 5.09. The van der Waals surface area contributed by atoms with Crippen molar-refractivity contribution in [1.29, 1.82) is 0 Å². The first-order chi connectivity index (χ1) is 22.5. The third kappa shape index (κ3) is 10.9. The van der Waals surface area contributed by atoms with Crippen molar-refractivity contribution in [2.24, 2.45) is 7.05 Å².